The van der Waals surface area contributed by atoms with Crippen molar-refractivity contribution in [3.8, 4) is 35.8 Å². The average Bonchev–Trinajstić information content (AvgIpc) is 3.67. The molecule has 0 fully saturated rings. The molecule has 336 valence electrons. The van der Waals surface area contributed by atoms with E-state index in [1.807, 2.05) is 6.92 Å². The van der Waals surface area contributed by atoms with Gasteiger partial charge in [0.05, 0.1) is 45.3 Å². The molecule has 0 aliphatic rings. The number of aryl methyl sites for hydroxylation is 1. The van der Waals surface area contributed by atoms with Crippen LogP contribution < -0.4 is 51.9 Å². The van der Waals surface area contributed by atoms with Crippen molar-refractivity contribution in [1.29, 1.82) is 0 Å². The van der Waals surface area contributed by atoms with E-state index in [1.54, 1.807) is 24.3 Å². The number of nitrogens with zero attached hydrogens (tertiary/aromatic N) is 5. The molecule has 0 saturated carbocycles. The number of hydrogen-bond donors (Lipinski definition) is 4. The van der Waals surface area contributed by atoms with Gasteiger partial charge in [0, 0.05) is 18.7 Å². The molecule has 0 aliphatic heterocycles. The third-order valence-electron chi connectivity index (χ3n) is 6.81. The van der Waals surface area contributed by atoms with Gasteiger partial charge in [-0.25, -0.2) is 49.9 Å². The van der Waals surface area contributed by atoms with Crippen molar-refractivity contribution >= 4 is 70.6 Å². The molecule has 0 bridgehead atoms. The maximum atomic E-state index is 13.1. The number of pyridine rings is 4. The van der Waals surface area contributed by atoms with E-state index < -0.39 is 49.4 Å². The van der Waals surface area contributed by atoms with E-state index in [0.717, 1.165) is 48.5 Å². The fourth-order valence-electron chi connectivity index (χ4n) is 3.79. The Bertz CT molecular complexity index is 2660. The summed E-state index contributed by atoms with van der Waals surface area (Å²) in [7, 11) is -4.52. The number of aromatic nitrogens is 5. The van der Waals surface area contributed by atoms with Crippen molar-refractivity contribution in [3.63, 3.8) is 0 Å². The van der Waals surface area contributed by atoms with Crippen LogP contribution in [0, 0.1) is 66.0 Å². The van der Waals surface area contributed by atoms with Gasteiger partial charge in [-0.15, -0.1) is 23.9 Å². The monoisotopic (exact) mass is 1010 g/mol. The van der Waals surface area contributed by atoms with Crippen LogP contribution in [-0.2, 0) is 10.0 Å². The molecule has 1 aromatic carbocycles. The van der Waals surface area contributed by atoms with Crippen LogP contribution in [0.1, 0.15) is 16.7 Å². The molecule has 12 nitrogen and oxygen atoms in total. The summed E-state index contributed by atoms with van der Waals surface area (Å²) in [6.07, 6.45) is 15.7. The molecule has 0 saturated heterocycles. The summed E-state index contributed by atoms with van der Waals surface area (Å²) in [4.78, 5) is 14.8. The Morgan fingerprint density at radius 1 is 0.703 bits per heavy atom. The second-order valence-electron chi connectivity index (χ2n) is 14.2. The Balaban J connectivity index is 0. The third kappa shape index (κ3) is 22.5. The van der Waals surface area contributed by atoms with Crippen LogP contribution in [0.3, 0.4) is 0 Å². The second-order valence-corrected chi connectivity index (χ2v) is 26.4. The molecule has 0 radical (unpaired) electrons. The van der Waals surface area contributed by atoms with E-state index in [2.05, 4.69) is 98.1 Å². The molecule has 0 atom stereocenters. The zero-order valence-electron chi connectivity index (χ0n) is 37.2. The molecule has 0 aliphatic carbocycles. The second kappa shape index (κ2) is 29.4. The van der Waals surface area contributed by atoms with Gasteiger partial charge < -0.3 is 27.4 Å². The van der Waals surface area contributed by atoms with Gasteiger partial charge in [0.2, 0.25) is 0 Å². The van der Waals surface area contributed by atoms with E-state index >= 15 is 0 Å². The molecule has 6 aromatic rings. The summed E-state index contributed by atoms with van der Waals surface area (Å²) >= 11 is 3.02. The summed E-state index contributed by atoms with van der Waals surface area (Å²) in [6, 6.07) is 13.1. The molecule has 0 unspecified atom stereocenters. The van der Waals surface area contributed by atoms with Crippen molar-refractivity contribution in [1.82, 2.24) is 23.9 Å². The predicted octanol–water partition coefficient (Wildman–Crippen LogP) is 4.19. The first-order valence-corrected chi connectivity index (χ1v) is 27.3. The van der Waals surface area contributed by atoms with Gasteiger partial charge in [-0.05, 0) is 65.3 Å². The van der Waals surface area contributed by atoms with Gasteiger partial charge in [-0.1, -0.05) is 68.8 Å². The number of nitrogen functional groups attached to an aromatic ring is 3. The van der Waals surface area contributed by atoms with Crippen molar-refractivity contribution in [2.24, 2.45) is 0 Å². The van der Waals surface area contributed by atoms with Crippen molar-refractivity contribution in [2.75, 3.05) is 31.4 Å². The van der Waals surface area contributed by atoms with E-state index in [4.69, 9.17) is 40.3 Å². The number of anilines is 3. The SMILES string of the molecule is C#C[Si](C)(C)C.C#Cc1cc(F)cnc1N.CO.C[O-].C[Si](C)(C)C#Cc1cc(F)cnc1N.Cc1ccc(S(=O)(=O)n2ccc3cc(F)cnc32)cc1.Nc1ncc(F)cc1Br.[Na+]. The van der Waals surface area contributed by atoms with Crippen LogP contribution in [0.5, 0.6) is 0 Å². The Hall–Kier alpha value is -5.06. The molecule has 5 aromatic heterocycles. The molecule has 7 N–H and O–H groups in total. The number of aliphatic hydroxyl groups is 1. The summed E-state index contributed by atoms with van der Waals surface area (Å²) < 4.78 is 77.0. The Labute approximate surface area is 405 Å². The number of halogens is 5. The van der Waals surface area contributed by atoms with Gasteiger partial charge >= 0.3 is 29.6 Å². The summed E-state index contributed by atoms with van der Waals surface area (Å²) in [5.41, 5.74) is 23.9. The van der Waals surface area contributed by atoms with Crippen LogP contribution >= 0.6 is 15.9 Å². The minimum absolute atomic E-state index is 0. The number of rotatable bonds is 2. The standard InChI is InChI=1S/C14H11FN2O2S.C10H13FN2Si.C7H5FN2.C5H4BrFN2.C5H10Si.CH4O.CH3O.Na/c1-10-2-4-13(5-3-10)20(18,19)17-7-6-11-8-12(15)9-16-14(11)17;1-14(2,3)5-4-8-6-9(11)7-13-10(8)12;1-2-5-3-6(8)4-10-7(5)9;6-4-1-3(7)2-9-5(4)8;1-5-6(2,3)4;2*1-2;/h2-9H,1H3;6-7H,1-3H3,(H2,12,13);1,3-4H,(H2,9,10);1-2H,(H2,8,9);1H,2-4H3;2H,1H3;1H3;/q;;;;;;-1;+1. The van der Waals surface area contributed by atoms with Crippen LogP contribution in [0.15, 0.2) is 94.9 Å². The molecule has 21 heteroatoms. The molecule has 64 heavy (non-hydrogen) atoms. The largest absolute Gasteiger partial charge is 1.00 e. The van der Waals surface area contributed by atoms with Crippen LogP contribution in [-0.4, -0.2) is 67.8 Å². The normalized spacial score (nSPS) is 9.91. The third-order valence-corrected chi connectivity index (χ3v) is 10.9. The van der Waals surface area contributed by atoms with Gasteiger partial charge in [0.25, 0.3) is 10.0 Å². The van der Waals surface area contributed by atoms with Gasteiger partial charge in [-0.3, -0.25) is 0 Å². The van der Waals surface area contributed by atoms with E-state index in [-0.39, 0.29) is 51.7 Å². The number of benzene rings is 1. The molecule has 0 spiro atoms. The Morgan fingerprint density at radius 2 is 1.12 bits per heavy atom. The average molecular weight is 1010 g/mol. The summed E-state index contributed by atoms with van der Waals surface area (Å²) in [6.45, 7) is 14.7. The van der Waals surface area contributed by atoms with E-state index in [0.29, 0.717) is 26.8 Å². The summed E-state index contributed by atoms with van der Waals surface area (Å²) in [5.74, 6) is 4.10. The molecule has 6 rings (SSSR count). The Morgan fingerprint density at radius 3 is 1.55 bits per heavy atom. The van der Waals surface area contributed by atoms with Crippen LogP contribution in [0.25, 0.3) is 11.0 Å². The fourth-order valence-corrected chi connectivity index (χ4v) is 5.93. The number of fused-ring (bicyclic) bond motifs is 1. The quantitative estimate of drug-likeness (QED) is 0.110. The van der Waals surface area contributed by atoms with Gasteiger partial charge in [0.15, 0.2) is 5.65 Å². The molecule has 0 amide bonds. The number of terminal acetylenes is 2. The first-order chi connectivity index (χ1) is 29.4. The maximum absolute atomic E-state index is 13.1. The Kier molecular flexibility index (Phi) is 28.0. The van der Waals surface area contributed by atoms with E-state index in [9.17, 15) is 26.0 Å². The number of aliphatic hydroxyl groups excluding tert-OH is 1. The predicted molar refractivity (Wildman–Crippen MR) is 251 cm³/mol. The number of nitrogens with two attached hydrogens (primary N) is 3. The smallest absolute Gasteiger partial charge is 0.857 e. The summed E-state index contributed by atoms with van der Waals surface area (Å²) in [5, 5.41) is 15.7. The first-order valence-electron chi connectivity index (χ1n) is 18.0. The van der Waals surface area contributed by atoms with Crippen LogP contribution in [0.4, 0.5) is 35.0 Å². The van der Waals surface area contributed by atoms with Crippen LogP contribution in [0.2, 0.25) is 39.3 Å². The van der Waals surface area contributed by atoms with Gasteiger partial charge in [-0.2, -0.15) is 7.11 Å². The van der Waals surface area contributed by atoms with Crippen molar-refractivity contribution < 1.29 is 65.7 Å². The fraction of sp³-hybridized carbons (Fsp3) is 0.209. The van der Waals surface area contributed by atoms with Gasteiger partial charge in [0.1, 0.15) is 56.9 Å². The maximum Gasteiger partial charge on any atom is 1.00 e. The van der Waals surface area contributed by atoms with Crippen molar-refractivity contribution in [2.45, 2.75) is 51.1 Å². The molecular weight excluding hydrogens is 960 g/mol. The number of hydrogen-bond acceptors (Lipinski definition) is 11. The topological polar surface area (TPSA) is 212 Å². The van der Waals surface area contributed by atoms with E-state index in [1.165, 1.54) is 36.5 Å². The minimum atomic E-state index is -3.72. The first kappa shape index (κ1) is 61.0. The molecular formula is C43H50BrF4N8NaO4SSi2. The zero-order chi connectivity index (χ0) is 48.7. The minimum Gasteiger partial charge on any atom is -0.857 e. The zero-order valence-corrected chi connectivity index (χ0v) is 43.6. The molecule has 5 heterocycles. The van der Waals surface area contributed by atoms with Crippen molar-refractivity contribution in [3.05, 3.63) is 130 Å².